The molecular weight excluding hydrogens is 304 g/mol. The molecule has 0 bridgehead atoms. The molecular formula is C18H28N4O2. The van der Waals surface area contributed by atoms with Gasteiger partial charge >= 0.3 is 0 Å². The number of aromatic nitrogens is 2. The second-order valence-electron chi connectivity index (χ2n) is 7.18. The third kappa shape index (κ3) is 3.79. The fourth-order valence-corrected chi connectivity index (χ4v) is 3.96. The minimum absolute atomic E-state index is 0.0252. The zero-order valence-electron chi connectivity index (χ0n) is 14.8. The molecule has 2 aliphatic rings. The van der Waals surface area contributed by atoms with Gasteiger partial charge in [0.25, 0.3) is 0 Å². The van der Waals surface area contributed by atoms with Crippen LogP contribution < -0.4 is 5.32 Å². The topological polar surface area (TPSA) is 67.2 Å². The van der Waals surface area contributed by atoms with Crippen LogP contribution in [0.4, 0.5) is 0 Å². The summed E-state index contributed by atoms with van der Waals surface area (Å²) in [5.41, 5.74) is 2.17. The van der Waals surface area contributed by atoms with E-state index in [1.807, 2.05) is 23.4 Å². The van der Waals surface area contributed by atoms with Crippen LogP contribution in [0, 0.1) is 19.8 Å². The Morgan fingerprint density at radius 2 is 2.08 bits per heavy atom. The lowest BCUT2D eigenvalue weighted by atomic mass is 10.1. The largest absolute Gasteiger partial charge is 0.356 e. The van der Waals surface area contributed by atoms with Crippen LogP contribution >= 0.6 is 0 Å². The Morgan fingerprint density at radius 1 is 1.33 bits per heavy atom. The molecule has 1 N–H and O–H groups in total. The SMILES string of the molecule is Cc1cc(C)n(CCCNC(=O)[C@H]2CC(=O)N(C3CCCC3)C2)n1. The van der Waals surface area contributed by atoms with Gasteiger partial charge in [0.1, 0.15) is 0 Å². The van der Waals surface area contributed by atoms with Gasteiger partial charge in [-0.15, -0.1) is 0 Å². The van der Waals surface area contributed by atoms with Gasteiger partial charge in [-0.2, -0.15) is 5.10 Å². The predicted molar refractivity (Wildman–Crippen MR) is 91.4 cm³/mol. The Balaban J connectivity index is 1.41. The van der Waals surface area contributed by atoms with Crippen molar-refractivity contribution in [1.29, 1.82) is 0 Å². The highest BCUT2D eigenvalue weighted by molar-refractivity contribution is 5.89. The van der Waals surface area contributed by atoms with Crippen molar-refractivity contribution in [3.8, 4) is 0 Å². The molecule has 1 aliphatic carbocycles. The molecule has 0 radical (unpaired) electrons. The first kappa shape index (κ1) is 17.0. The van der Waals surface area contributed by atoms with Crippen LogP contribution in [-0.2, 0) is 16.1 Å². The van der Waals surface area contributed by atoms with Crippen molar-refractivity contribution in [2.45, 2.75) is 65.0 Å². The molecule has 1 saturated carbocycles. The molecule has 1 aliphatic heterocycles. The smallest absolute Gasteiger partial charge is 0.225 e. The summed E-state index contributed by atoms with van der Waals surface area (Å²) in [5, 5.41) is 7.41. The van der Waals surface area contributed by atoms with E-state index in [2.05, 4.69) is 16.5 Å². The summed E-state index contributed by atoms with van der Waals surface area (Å²) in [6.07, 6.45) is 5.83. The Labute approximate surface area is 143 Å². The summed E-state index contributed by atoms with van der Waals surface area (Å²) in [6, 6.07) is 2.43. The van der Waals surface area contributed by atoms with Crippen LogP contribution in [0.1, 0.15) is 49.9 Å². The molecule has 6 nitrogen and oxygen atoms in total. The fraction of sp³-hybridized carbons (Fsp3) is 0.722. The van der Waals surface area contributed by atoms with Crippen molar-refractivity contribution in [2.24, 2.45) is 5.92 Å². The average molecular weight is 332 g/mol. The lowest BCUT2D eigenvalue weighted by Crippen LogP contribution is -2.37. The lowest BCUT2D eigenvalue weighted by molar-refractivity contribution is -0.130. The minimum Gasteiger partial charge on any atom is -0.356 e. The Kier molecular flexibility index (Phi) is 5.21. The number of likely N-dealkylation sites (tertiary alicyclic amines) is 1. The number of rotatable bonds is 6. The van der Waals surface area contributed by atoms with Crippen molar-refractivity contribution < 1.29 is 9.59 Å². The van der Waals surface area contributed by atoms with E-state index in [1.165, 1.54) is 12.8 Å². The van der Waals surface area contributed by atoms with E-state index >= 15 is 0 Å². The molecule has 0 unspecified atom stereocenters. The zero-order valence-corrected chi connectivity index (χ0v) is 14.8. The molecule has 0 spiro atoms. The highest BCUT2D eigenvalue weighted by Gasteiger charge is 2.38. The summed E-state index contributed by atoms with van der Waals surface area (Å²) in [6.45, 7) is 6.06. The normalized spacial score (nSPS) is 21.7. The summed E-state index contributed by atoms with van der Waals surface area (Å²) >= 11 is 0. The van der Waals surface area contributed by atoms with Gasteiger partial charge in [0.2, 0.25) is 11.8 Å². The maximum Gasteiger partial charge on any atom is 0.225 e. The highest BCUT2D eigenvalue weighted by Crippen LogP contribution is 2.29. The van der Waals surface area contributed by atoms with E-state index in [1.54, 1.807) is 0 Å². The van der Waals surface area contributed by atoms with Crippen molar-refractivity contribution in [1.82, 2.24) is 20.0 Å². The molecule has 1 atom stereocenters. The van der Waals surface area contributed by atoms with Gasteiger partial charge in [0, 0.05) is 37.8 Å². The van der Waals surface area contributed by atoms with E-state index in [0.717, 1.165) is 37.2 Å². The second-order valence-corrected chi connectivity index (χ2v) is 7.18. The highest BCUT2D eigenvalue weighted by atomic mass is 16.2. The van der Waals surface area contributed by atoms with E-state index < -0.39 is 0 Å². The number of nitrogens with one attached hydrogen (secondary N) is 1. The van der Waals surface area contributed by atoms with E-state index in [0.29, 0.717) is 25.6 Å². The van der Waals surface area contributed by atoms with E-state index in [9.17, 15) is 9.59 Å². The summed E-state index contributed by atoms with van der Waals surface area (Å²) in [7, 11) is 0. The van der Waals surface area contributed by atoms with E-state index in [-0.39, 0.29) is 17.7 Å². The molecule has 1 aromatic rings. The Hall–Kier alpha value is -1.85. The quantitative estimate of drug-likeness (QED) is 0.808. The number of amides is 2. The van der Waals surface area contributed by atoms with Gasteiger partial charge in [-0.25, -0.2) is 0 Å². The van der Waals surface area contributed by atoms with Gasteiger partial charge in [-0.3, -0.25) is 14.3 Å². The van der Waals surface area contributed by atoms with Crippen LogP contribution in [0.15, 0.2) is 6.07 Å². The van der Waals surface area contributed by atoms with Crippen LogP contribution in [-0.4, -0.2) is 45.6 Å². The van der Waals surface area contributed by atoms with Gasteiger partial charge in [0.15, 0.2) is 0 Å². The van der Waals surface area contributed by atoms with Crippen molar-refractivity contribution >= 4 is 11.8 Å². The summed E-state index contributed by atoms with van der Waals surface area (Å²) in [5.74, 6) is 0.00805. The first-order chi connectivity index (χ1) is 11.5. The maximum atomic E-state index is 12.3. The Bertz CT molecular complexity index is 604. The number of nitrogens with zero attached hydrogens (tertiary/aromatic N) is 3. The van der Waals surface area contributed by atoms with Crippen molar-refractivity contribution in [3.05, 3.63) is 17.5 Å². The number of aryl methyl sites for hydroxylation is 3. The van der Waals surface area contributed by atoms with Gasteiger partial charge < -0.3 is 10.2 Å². The third-order valence-corrected chi connectivity index (χ3v) is 5.24. The molecule has 132 valence electrons. The van der Waals surface area contributed by atoms with Crippen LogP contribution in [0.2, 0.25) is 0 Å². The molecule has 6 heteroatoms. The minimum atomic E-state index is -0.174. The summed E-state index contributed by atoms with van der Waals surface area (Å²) in [4.78, 5) is 26.4. The van der Waals surface area contributed by atoms with Crippen molar-refractivity contribution in [3.63, 3.8) is 0 Å². The molecule has 0 aromatic carbocycles. The van der Waals surface area contributed by atoms with E-state index in [4.69, 9.17) is 0 Å². The Morgan fingerprint density at radius 3 is 2.75 bits per heavy atom. The molecule has 1 saturated heterocycles. The molecule has 2 heterocycles. The number of hydrogen-bond donors (Lipinski definition) is 1. The summed E-state index contributed by atoms with van der Waals surface area (Å²) < 4.78 is 1.97. The zero-order chi connectivity index (χ0) is 17.1. The standard InChI is InChI=1S/C18H28N4O2/c1-13-10-14(2)22(20-13)9-5-8-19-18(24)15-11-17(23)21(12-15)16-6-3-4-7-16/h10,15-16H,3-9,11-12H2,1-2H3,(H,19,24)/t15-/m0/s1. The van der Waals surface area contributed by atoms with Crippen LogP contribution in [0.5, 0.6) is 0 Å². The average Bonchev–Trinajstić information content (AvgIpc) is 3.24. The predicted octanol–water partition coefficient (Wildman–Crippen LogP) is 1.80. The fourth-order valence-electron chi connectivity index (χ4n) is 3.96. The molecule has 3 rings (SSSR count). The number of carbonyl (C=O) groups is 2. The molecule has 24 heavy (non-hydrogen) atoms. The van der Waals surface area contributed by atoms with Gasteiger partial charge in [0.05, 0.1) is 11.6 Å². The molecule has 1 aromatic heterocycles. The van der Waals surface area contributed by atoms with Gasteiger partial charge in [-0.05, 0) is 39.2 Å². The number of carbonyl (C=O) groups excluding carboxylic acids is 2. The monoisotopic (exact) mass is 332 g/mol. The third-order valence-electron chi connectivity index (χ3n) is 5.24. The first-order valence-electron chi connectivity index (χ1n) is 9.13. The maximum absolute atomic E-state index is 12.3. The number of hydrogen-bond acceptors (Lipinski definition) is 3. The van der Waals surface area contributed by atoms with Crippen LogP contribution in [0.25, 0.3) is 0 Å². The van der Waals surface area contributed by atoms with Gasteiger partial charge in [-0.1, -0.05) is 12.8 Å². The second kappa shape index (κ2) is 7.36. The molecule has 2 fully saturated rings. The lowest BCUT2D eigenvalue weighted by Gasteiger charge is -2.23. The van der Waals surface area contributed by atoms with Crippen LogP contribution in [0.3, 0.4) is 0 Å². The first-order valence-corrected chi connectivity index (χ1v) is 9.13. The van der Waals surface area contributed by atoms with Crippen molar-refractivity contribution in [2.75, 3.05) is 13.1 Å². The molecule has 2 amide bonds.